The Morgan fingerprint density at radius 2 is 2.07 bits per heavy atom. The lowest BCUT2D eigenvalue weighted by molar-refractivity contribution is -0.125. The van der Waals surface area contributed by atoms with Crippen molar-refractivity contribution in [2.24, 2.45) is 5.16 Å². The first-order chi connectivity index (χ1) is 14.0. The summed E-state index contributed by atoms with van der Waals surface area (Å²) < 4.78 is 2.78. The second-order valence-corrected chi connectivity index (χ2v) is 8.14. The predicted molar refractivity (Wildman–Crippen MR) is 116 cm³/mol. The van der Waals surface area contributed by atoms with Gasteiger partial charge in [0.25, 0.3) is 5.91 Å². The van der Waals surface area contributed by atoms with Gasteiger partial charge in [0.1, 0.15) is 0 Å². The van der Waals surface area contributed by atoms with Crippen molar-refractivity contribution in [2.75, 3.05) is 5.32 Å². The van der Waals surface area contributed by atoms with Crippen LogP contribution in [0.2, 0.25) is 5.02 Å². The van der Waals surface area contributed by atoms with Crippen molar-refractivity contribution in [3.63, 3.8) is 0 Å². The van der Waals surface area contributed by atoms with Crippen LogP contribution in [0.3, 0.4) is 0 Å². The molecule has 4 rings (SSSR count). The lowest BCUT2D eigenvalue weighted by Gasteiger charge is -2.07. The number of rotatable bonds is 5. The number of aromatic nitrogens is 2. The smallest absolute Gasteiger partial charge is 0.269 e. The van der Waals surface area contributed by atoms with Crippen molar-refractivity contribution in [3.8, 4) is 0 Å². The molecule has 0 radical (unpaired) electrons. The second kappa shape index (κ2) is 8.39. The molecular weight excluding hydrogens is 456 g/mol. The molecule has 1 aliphatic rings. The number of carbonyl (C=O) groups excluding carboxylic acids is 1. The summed E-state index contributed by atoms with van der Waals surface area (Å²) in [5.41, 5.74) is 3.69. The first-order valence-corrected chi connectivity index (χ1v) is 10.2. The number of halogens is 2. The highest BCUT2D eigenvalue weighted by atomic mass is 79.9. The van der Waals surface area contributed by atoms with Gasteiger partial charge in [-0.1, -0.05) is 57.0 Å². The van der Waals surface area contributed by atoms with E-state index < -0.39 is 6.10 Å². The second-order valence-electron chi connectivity index (χ2n) is 6.79. The molecule has 1 atom stereocenters. The molecular formula is C21H18BrClN4O2. The first kappa shape index (κ1) is 19.7. The highest BCUT2D eigenvalue weighted by Crippen LogP contribution is 2.21. The molecule has 148 valence electrons. The number of amides is 1. The minimum absolute atomic E-state index is 0.269. The van der Waals surface area contributed by atoms with E-state index in [0.717, 1.165) is 27.0 Å². The number of anilines is 1. The molecule has 6 nitrogen and oxygen atoms in total. The lowest BCUT2D eigenvalue weighted by Crippen LogP contribution is -2.28. The van der Waals surface area contributed by atoms with E-state index in [1.54, 1.807) is 0 Å². The van der Waals surface area contributed by atoms with Crippen molar-refractivity contribution in [2.45, 2.75) is 26.0 Å². The summed E-state index contributed by atoms with van der Waals surface area (Å²) in [4.78, 5) is 17.9. The predicted octanol–water partition coefficient (Wildman–Crippen LogP) is 4.79. The molecule has 3 aromatic rings. The molecule has 1 aromatic heterocycles. The van der Waals surface area contributed by atoms with E-state index >= 15 is 0 Å². The standard InChI is InChI=1S/C21H18BrClN4O2/c1-13-9-20(25-27(13)12-14-5-7-17(23)8-6-14)24-21(28)19-11-18(26-29-19)15-3-2-4-16(22)10-15/h2-10,19H,11-12H2,1H3,(H,24,25,28)/t19-/m0/s1. The van der Waals surface area contributed by atoms with Crippen LogP contribution >= 0.6 is 27.5 Å². The largest absolute Gasteiger partial charge is 0.382 e. The number of benzene rings is 2. The van der Waals surface area contributed by atoms with E-state index in [-0.39, 0.29) is 5.91 Å². The van der Waals surface area contributed by atoms with Gasteiger partial charge in [0.05, 0.1) is 12.3 Å². The Kier molecular flexibility index (Phi) is 5.69. The van der Waals surface area contributed by atoms with E-state index in [0.29, 0.717) is 23.8 Å². The number of hydrogen-bond acceptors (Lipinski definition) is 4. The number of nitrogens with zero attached hydrogens (tertiary/aromatic N) is 3. The van der Waals surface area contributed by atoms with Crippen LogP contribution in [0.4, 0.5) is 5.82 Å². The van der Waals surface area contributed by atoms with E-state index in [1.165, 1.54) is 0 Å². The van der Waals surface area contributed by atoms with Gasteiger partial charge < -0.3 is 10.2 Å². The molecule has 0 unspecified atom stereocenters. The average Bonchev–Trinajstić information content (AvgIpc) is 3.31. The van der Waals surface area contributed by atoms with Gasteiger partial charge in [-0.05, 0) is 36.8 Å². The SMILES string of the molecule is Cc1cc(NC(=O)[C@@H]2CC(c3cccc(Br)c3)=NO2)nn1Cc1ccc(Cl)cc1. The molecule has 1 aliphatic heterocycles. The third-order valence-corrected chi connectivity index (χ3v) is 5.34. The third-order valence-electron chi connectivity index (χ3n) is 4.60. The van der Waals surface area contributed by atoms with Crippen LogP contribution < -0.4 is 5.32 Å². The third kappa shape index (κ3) is 4.68. The minimum Gasteiger partial charge on any atom is -0.382 e. The zero-order valence-electron chi connectivity index (χ0n) is 15.6. The van der Waals surface area contributed by atoms with Crippen molar-refractivity contribution in [1.29, 1.82) is 0 Å². The van der Waals surface area contributed by atoms with Gasteiger partial charge in [-0.2, -0.15) is 5.10 Å². The van der Waals surface area contributed by atoms with Crippen LogP contribution in [-0.2, 0) is 16.2 Å². The van der Waals surface area contributed by atoms with Crippen LogP contribution in [0, 0.1) is 6.92 Å². The van der Waals surface area contributed by atoms with Crippen molar-refractivity contribution >= 4 is 45.0 Å². The number of carbonyl (C=O) groups is 1. The topological polar surface area (TPSA) is 68.5 Å². The maximum Gasteiger partial charge on any atom is 0.269 e. The van der Waals surface area contributed by atoms with Gasteiger partial charge in [0.2, 0.25) is 6.10 Å². The van der Waals surface area contributed by atoms with E-state index in [4.69, 9.17) is 16.4 Å². The van der Waals surface area contributed by atoms with Crippen LogP contribution in [0.25, 0.3) is 0 Å². The Morgan fingerprint density at radius 3 is 2.83 bits per heavy atom. The summed E-state index contributed by atoms with van der Waals surface area (Å²) in [5.74, 6) is 0.218. The molecule has 1 N–H and O–H groups in total. The van der Waals surface area contributed by atoms with Crippen LogP contribution in [-0.4, -0.2) is 27.5 Å². The monoisotopic (exact) mass is 472 g/mol. The zero-order valence-corrected chi connectivity index (χ0v) is 17.9. The molecule has 2 heterocycles. The maximum absolute atomic E-state index is 12.6. The first-order valence-electron chi connectivity index (χ1n) is 9.06. The van der Waals surface area contributed by atoms with Crippen molar-refractivity contribution < 1.29 is 9.63 Å². The maximum atomic E-state index is 12.6. The molecule has 29 heavy (non-hydrogen) atoms. The molecule has 2 aromatic carbocycles. The summed E-state index contributed by atoms with van der Waals surface area (Å²) in [6, 6.07) is 17.2. The van der Waals surface area contributed by atoms with Gasteiger partial charge in [-0.25, -0.2) is 0 Å². The van der Waals surface area contributed by atoms with Crippen molar-refractivity contribution in [1.82, 2.24) is 9.78 Å². The fourth-order valence-electron chi connectivity index (χ4n) is 3.06. The fraction of sp³-hybridized carbons (Fsp3) is 0.190. The van der Waals surface area contributed by atoms with Crippen LogP contribution in [0.1, 0.15) is 23.2 Å². The normalized spacial score (nSPS) is 15.7. The fourth-order valence-corrected chi connectivity index (χ4v) is 3.58. The summed E-state index contributed by atoms with van der Waals surface area (Å²) >= 11 is 9.37. The van der Waals surface area contributed by atoms with Crippen LogP contribution in [0.15, 0.2) is 64.2 Å². The molecule has 0 saturated heterocycles. The lowest BCUT2D eigenvalue weighted by atomic mass is 10.0. The molecule has 0 fully saturated rings. The molecule has 0 bridgehead atoms. The molecule has 8 heteroatoms. The Labute approximate surface area is 181 Å². The van der Waals surface area contributed by atoms with E-state index in [2.05, 4.69) is 31.5 Å². The quantitative estimate of drug-likeness (QED) is 0.579. The summed E-state index contributed by atoms with van der Waals surface area (Å²) in [7, 11) is 0. The Hall–Kier alpha value is -2.64. The highest BCUT2D eigenvalue weighted by Gasteiger charge is 2.29. The van der Waals surface area contributed by atoms with E-state index in [9.17, 15) is 4.79 Å². The number of aryl methyl sites for hydroxylation is 1. The summed E-state index contributed by atoms with van der Waals surface area (Å²) in [5, 5.41) is 12.1. The number of oxime groups is 1. The zero-order chi connectivity index (χ0) is 20.4. The van der Waals surface area contributed by atoms with Gasteiger partial charge in [0, 0.05) is 33.2 Å². The highest BCUT2D eigenvalue weighted by molar-refractivity contribution is 9.10. The Morgan fingerprint density at radius 1 is 1.28 bits per heavy atom. The van der Waals surface area contributed by atoms with E-state index in [1.807, 2.05) is 66.2 Å². The number of hydrogen-bond donors (Lipinski definition) is 1. The Bertz CT molecular complexity index is 1080. The van der Waals surface area contributed by atoms with Gasteiger partial charge in [-0.3, -0.25) is 9.48 Å². The van der Waals surface area contributed by atoms with Gasteiger partial charge >= 0.3 is 0 Å². The molecule has 0 aliphatic carbocycles. The van der Waals surface area contributed by atoms with Crippen molar-refractivity contribution in [3.05, 3.63) is 80.9 Å². The molecule has 1 amide bonds. The minimum atomic E-state index is -0.675. The molecule has 0 spiro atoms. The average molecular weight is 474 g/mol. The number of nitrogens with one attached hydrogen (secondary N) is 1. The van der Waals surface area contributed by atoms with Crippen LogP contribution in [0.5, 0.6) is 0 Å². The summed E-state index contributed by atoms with van der Waals surface area (Å²) in [6.45, 7) is 2.54. The summed E-state index contributed by atoms with van der Waals surface area (Å²) in [6.07, 6.45) is -0.266. The van der Waals surface area contributed by atoms with Gasteiger partial charge in [-0.15, -0.1) is 0 Å². The van der Waals surface area contributed by atoms with Gasteiger partial charge in [0.15, 0.2) is 5.82 Å². The Balaban J connectivity index is 1.38. The molecule has 0 saturated carbocycles.